The van der Waals surface area contributed by atoms with Gasteiger partial charge in [-0.2, -0.15) is 4.57 Å². The first-order valence-electron chi connectivity index (χ1n) is 6.41. The van der Waals surface area contributed by atoms with E-state index in [9.17, 15) is 4.79 Å². The third-order valence-electron chi connectivity index (χ3n) is 3.13. The summed E-state index contributed by atoms with van der Waals surface area (Å²) in [5.74, 6) is -0.0144. The standard InChI is InChI=1S/C16H18N2O/c1-12-7-9-18(10-8-12)14(3)16(19)17-15-6-4-5-13(2)11-15/h4-11,14H,1-3H3/p+1/t14-/m0/s1. The van der Waals surface area contributed by atoms with Gasteiger partial charge in [-0.15, -0.1) is 0 Å². The molecule has 1 aromatic carbocycles. The molecule has 98 valence electrons. The van der Waals surface area contributed by atoms with Gasteiger partial charge in [0.1, 0.15) is 0 Å². The number of carbonyl (C=O) groups excluding carboxylic acids is 1. The average molecular weight is 255 g/mol. The molecule has 3 nitrogen and oxygen atoms in total. The smallest absolute Gasteiger partial charge is 0.293 e. The lowest BCUT2D eigenvalue weighted by molar-refractivity contribution is -0.705. The maximum Gasteiger partial charge on any atom is 0.293 e. The van der Waals surface area contributed by atoms with Gasteiger partial charge in [-0.1, -0.05) is 12.1 Å². The van der Waals surface area contributed by atoms with E-state index in [-0.39, 0.29) is 11.9 Å². The van der Waals surface area contributed by atoms with Gasteiger partial charge in [0.2, 0.25) is 6.04 Å². The van der Waals surface area contributed by atoms with Crippen LogP contribution in [-0.2, 0) is 4.79 Å². The Labute approximate surface area is 113 Å². The predicted octanol–water partition coefficient (Wildman–Crippen LogP) is 2.79. The number of nitrogens with one attached hydrogen (secondary N) is 1. The Morgan fingerprint density at radius 2 is 1.79 bits per heavy atom. The summed E-state index contributed by atoms with van der Waals surface area (Å²) in [6.07, 6.45) is 3.85. The number of rotatable bonds is 3. The van der Waals surface area contributed by atoms with Gasteiger partial charge in [0.25, 0.3) is 5.91 Å². The van der Waals surface area contributed by atoms with Crippen LogP contribution in [0, 0.1) is 13.8 Å². The molecule has 1 aromatic heterocycles. The number of aryl methyl sites for hydroxylation is 2. The Morgan fingerprint density at radius 3 is 2.42 bits per heavy atom. The van der Waals surface area contributed by atoms with Gasteiger partial charge in [-0.3, -0.25) is 4.79 Å². The Morgan fingerprint density at radius 1 is 1.11 bits per heavy atom. The second kappa shape index (κ2) is 5.65. The fraction of sp³-hybridized carbons (Fsp3) is 0.250. The van der Waals surface area contributed by atoms with E-state index < -0.39 is 0 Å². The largest absolute Gasteiger partial charge is 0.320 e. The van der Waals surface area contributed by atoms with Crippen molar-refractivity contribution in [2.75, 3.05) is 5.32 Å². The number of benzene rings is 1. The third kappa shape index (κ3) is 3.41. The molecule has 0 fully saturated rings. The summed E-state index contributed by atoms with van der Waals surface area (Å²) in [6.45, 7) is 5.93. The van der Waals surface area contributed by atoms with Crippen LogP contribution in [0.25, 0.3) is 0 Å². The Bertz CT molecular complexity index is 576. The molecule has 0 bridgehead atoms. The maximum absolute atomic E-state index is 12.2. The summed E-state index contributed by atoms with van der Waals surface area (Å²) in [6, 6.07) is 11.6. The number of aromatic nitrogens is 1. The van der Waals surface area contributed by atoms with Crippen LogP contribution in [0.2, 0.25) is 0 Å². The van der Waals surface area contributed by atoms with Crippen molar-refractivity contribution in [3.05, 3.63) is 59.9 Å². The van der Waals surface area contributed by atoms with E-state index in [1.807, 2.05) is 74.1 Å². The van der Waals surface area contributed by atoms with E-state index in [0.29, 0.717) is 0 Å². The monoisotopic (exact) mass is 255 g/mol. The second-order valence-corrected chi connectivity index (χ2v) is 4.86. The molecule has 2 rings (SSSR count). The number of hydrogen-bond donors (Lipinski definition) is 1. The summed E-state index contributed by atoms with van der Waals surface area (Å²) in [4.78, 5) is 12.2. The van der Waals surface area contributed by atoms with E-state index in [0.717, 1.165) is 11.3 Å². The molecule has 1 heterocycles. The van der Waals surface area contributed by atoms with Gasteiger partial charge in [-0.05, 0) is 37.1 Å². The summed E-state index contributed by atoms with van der Waals surface area (Å²) in [5.41, 5.74) is 3.15. The molecule has 0 aliphatic heterocycles. The zero-order valence-electron chi connectivity index (χ0n) is 11.6. The van der Waals surface area contributed by atoms with Crippen molar-refractivity contribution in [3.63, 3.8) is 0 Å². The van der Waals surface area contributed by atoms with Crippen molar-refractivity contribution in [3.8, 4) is 0 Å². The van der Waals surface area contributed by atoms with E-state index >= 15 is 0 Å². The van der Waals surface area contributed by atoms with Crippen LogP contribution in [0.3, 0.4) is 0 Å². The normalized spacial score (nSPS) is 11.9. The van der Waals surface area contributed by atoms with Gasteiger partial charge in [-0.25, -0.2) is 0 Å². The molecule has 0 aliphatic carbocycles. The first-order valence-corrected chi connectivity index (χ1v) is 6.41. The molecule has 0 aliphatic rings. The quantitative estimate of drug-likeness (QED) is 0.841. The minimum absolute atomic E-state index is 0.0144. The molecule has 1 N–H and O–H groups in total. The van der Waals surface area contributed by atoms with Gasteiger partial charge >= 0.3 is 0 Å². The Balaban J connectivity index is 2.09. The first-order chi connectivity index (χ1) is 9.06. The van der Waals surface area contributed by atoms with Gasteiger partial charge in [0.05, 0.1) is 0 Å². The predicted molar refractivity (Wildman–Crippen MR) is 75.9 cm³/mol. The van der Waals surface area contributed by atoms with Crippen LogP contribution in [0.15, 0.2) is 48.8 Å². The van der Waals surface area contributed by atoms with Crippen molar-refractivity contribution >= 4 is 11.6 Å². The molecule has 0 spiro atoms. The average Bonchev–Trinajstić information content (AvgIpc) is 2.39. The van der Waals surface area contributed by atoms with Crippen LogP contribution in [0.4, 0.5) is 5.69 Å². The molecule has 19 heavy (non-hydrogen) atoms. The van der Waals surface area contributed by atoms with E-state index in [1.54, 1.807) is 0 Å². The minimum atomic E-state index is -0.235. The van der Waals surface area contributed by atoms with Crippen molar-refractivity contribution < 1.29 is 9.36 Å². The molecular weight excluding hydrogens is 236 g/mol. The fourth-order valence-corrected chi connectivity index (χ4v) is 1.88. The molecule has 0 saturated carbocycles. The molecule has 1 atom stereocenters. The summed E-state index contributed by atoms with van der Waals surface area (Å²) >= 11 is 0. The maximum atomic E-state index is 12.2. The number of hydrogen-bond acceptors (Lipinski definition) is 1. The van der Waals surface area contributed by atoms with Crippen LogP contribution in [-0.4, -0.2) is 5.91 Å². The second-order valence-electron chi connectivity index (χ2n) is 4.86. The SMILES string of the molecule is Cc1cc[n+]([C@@H](C)C(=O)Nc2cccc(C)c2)cc1. The summed E-state index contributed by atoms with van der Waals surface area (Å²) in [5, 5.41) is 2.94. The molecule has 1 amide bonds. The van der Waals surface area contributed by atoms with Crippen LogP contribution < -0.4 is 9.88 Å². The highest BCUT2D eigenvalue weighted by Crippen LogP contribution is 2.11. The molecule has 3 heteroatoms. The first kappa shape index (κ1) is 13.3. The van der Waals surface area contributed by atoms with Crippen LogP contribution >= 0.6 is 0 Å². The summed E-state index contributed by atoms with van der Waals surface area (Å²) in [7, 11) is 0. The molecule has 0 unspecified atom stereocenters. The number of nitrogens with zero attached hydrogens (tertiary/aromatic N) is 1. The van der Waals surface area contributed by atoms with Crippen LogP contribution in [0.5, 0.6) is 0 Å². The fourth-order valence-electron chi connectivity index (χ4n) is 1.88. The minimum Gasteiger partial charge on any atom is -0.320 e. The molecule has 0 saturated heterocycles. The zero-order chi connectivity index (χ0) is 13.8. The van der Waals surface area contributed by atoms with E-state index in [4.69, 9.17) is 0 Å². The van der Waals surface area contributed by atoms with Crippen molar-refractivity contribution in [1.29, 1.82) is 0 Å². The number of amides is 1. The lowest BCUT2D eigenvalue weighted by atomic mass is 10.2. The van der Waals surface area contributed by atoms with E-state index in [1.165, 1.54) is 5.56 Å². The topological polar surface area (TPSA) is 33.0 Å². The highest BCUT2D eigenvalue weighted by Gasteiger charge is 2.21. The van der Waals surface area contributed by atoms with E-state index in [2.05, 4.69) is 5.32 Å². The van der Waals surface area contributed by atoms with Gasteiger partial charge in [0.15, 0.2) is 12.4 Å². The zero-order valence-corrected chi connectivity index (χ0v) is 11.6. The highest BCUT2D eigenvalue weighted by molar-refractivity contribution is 5.92. The summed E-state index contributed by atoms with van der Waals surface area (Å²) < 4.78 is 1.90. The lowest BCUT2D eigenvalue weighted by Crippen LogP contribution is -2.43. The molecule has 2 aromatic rings. The number of carbonyl (C=O) groups is 1. The number of anilines is 1. The lowest BCUT2D eigenvalue weighted by Gasteiger charge is -2.09. The Hall–Kier alpha value is -2.16. The van der Waals surface area contributed by atoms with Crippen molar-refractivity contribution in [1.82, 2.24) is 0 Å². The van der Waals surface area contributed by atoms with Gasteiger partial charge in [0, 0.05) is 24.7 Å². The number of pyridine rings is 1. The van der Waals surface area contributed by atoms with Crippen molar-refractivity contribution in [2.24, 2.45) is 0 Å². The highest BCUT2D eigenvalue weighted by atomic mass is 16.2. The van der Waals surface area contributed by atoms with Crippen molar-refractivity contribution in [2.45, 2.75) is 26.8 Å². The van der Waals surface area contributed by atoms with Crippen LogP contribution in [0.1, 0.15) is 24.1 Å². The Kier molecular flexibility index (Phi) is 3.95. The molecule has 0 radical (unpaired) electrons. The van der Waals surface area contributed by atoms with Gasteiger partial charge < -0.3 is 5.32 Å². The third-order valence-corrected chi connectivity index (χ3v) is 3.13. The molecular formula is C16H19N2O+.